The van der Waals surface area contributed by atoms with Gasteiger partial charge in [0.25, 0.3) is 5.56 Å². The maximum Gasteiger partial charge on any atom is 0.263 e. The van der Waals surface area contributed by atoms with E-state index in [0.717, 1.165) is 15.3 Å². The molecule has 27 heavy (non-hydrogen) atoms. The van der Waals surface area contributed by atoms with Gasteiger partial charge in [-0.1, -0.05) is 17.7 Å². The molecule has 1 aromatic carbocycles. The molecule has 0 bridgehead atoms. The van der Waals surface area contributed by atoms with Crippen molar-refractivity contribution in [2.24, 2.45) is 0 Å². The third-order valence-electron chi connectivity index (χ3n) is 4.24. The van der Waals surface area contributed by atoms with Gasteiger partial charge < -0.3 is 10.2 Å². The van der Waals surface area contributed by atoms with Gasteiger partial charge >= 0.3 is 0 Å². The minimum Gasteiger partial charge on any atom is -0.324 e. The number of aryl methyl sites for hydroxylation is 2. The fourth-order valence-electron chi connectivity index (χ4n) is 2.85. The molecule has 0 aliphatic carbocycles. The molecule has 0 spiro atoms. The number of amides is 1. The summed E-state index contributed by atoms with van der Waals surface area (Å²) in [5.74, 6) is 0.269. The van der Waals surface area contributed by atoms with Crippen LogP contribution in [-0.2, 0) is 17.9 Å². The van der Waals surface area contributed by atoms with E-state index in [0.29, 0.717) is 28.5 Å². The maximum absolute atomic E-state index is 13.1. The number of rotatable bonds is 5. The fourth-order valence-corrected chi connectivity index (χ4v) is 4.08. The first-order chi connectivity index (χ1) is 12.8. The van der Waals surface area contributed by atoms with Crippen LogP contribution < -0.4 is 10.9 Å². The second kappa shape index (κ2) is 7.80. The van der Waals surface area contributed by atoms with Gasteiger partial charge in [0.2, 0.25) is 5.91 Å². The van der Waals surface area contributed by atoms with E-state index in [-0.39, 0.29) is 18.0 Å². The minimum absolute atomic E-state index is 0.105. The third kappa shape index (κ3) is 4.21. The van der Waals surface area contributed by atoms with Gasteiger partial charge in [-0.15, -0.1) is 11.3 Å². The summed E-state index contributed by atoms with van der Waals surface area (Å²) in [5.41, 5.74) is 1.33. The number of carbonyl (C=O) groups excluding carboxylic acids is 1. The van der Waals surface area contributed by atoms with Crippen LogP contribution in [0.5, 0.6) is 0 Å². The highest BCUT2D eigenvalue weighted by Gasteiger charge is 2.18. The Balaban J connectivity index is 2.00. The van der Waals surface area contributed by atoms with Crippen molar-refractivity contribution in [3.05, 3.63) is 55.9 Å². The van der Waals surface area contributed by atoms with Crippen molar-refractivity contribution in [2.45, 2.75) is 26.9 Å². The van der Waals surface area contributed by atoms with Gasteiger partial charge in [0.15, 0.2) is 0 Å². The lowest BCUT2D eigenvalue weighted by atomic mass is 10.2. The maximum atomic E-state index is 13.1. The van der Waals surface area contributed by atoms with Crippen molar-refractivity contribution in [2.75, 3.05) is 19.4 Å². The smallest absolute Gasteiger partial charge is 0.263 e. The molecular formula is C19H21ClN4O2S. The average molecular weight is 405 g/mol. The summed E-state index contributed by atoms with van der Waals surface area (Å²) >= 11 is 7.47. The summed E-state index contributed by atoms with van der Waals surface area (Å²) < 4.78 is 1.46. The number of anilines is 1. The molecule has 1 N–H and O–H groups in total. The fraction of sp³-hybridized carbons (Fsp3) is 0.316. The van der Waals surface area contributed by atoms with Gasteiger partial charge in [0, 0.05) is 15.6 Å². The number of carbonyl (C=O) groups is 1. The van der Waals surface area contributed by atoms with Gasteiger partial charge in [-0.25, -0.2) is 4.98 Å². The molecule has 6 nitrogen and oxygen atoms in total. The lowest BCUT2D eigenvalue weighted by molar-refractivity contribution is -0.116. The molecule has 0 fully saturated rings. The molecule has 142 valence electrons. The molecule has 0 unspecified atom stereocenters. The number of hydrogen-bond donors (Lipinski definition) is 1. The number of thiophene rings is 1. The molecule has 0 aliphatic rings. The van der Waals surface area contributed by atoms with Crippen LogP contribution in [0.15, 0.2) is 29.1 Å². The summed E-state index contributed by atoms with van der Waals surface area (Å²) in [6.07, 6.45) is 0. The predicted octanol–water partition coefficient (Wildman–Crippen LogP) is 3.43. The van der Waals surface area contributed by atoms with E-state index in [1.807, 2.05) is 32.8 Å². The third-order valence-corrected chi connectivity index (χ3v) is 5.57. The van der Waals surface area contributed by atoms with Crippen LogP contribution in [0.2, 0.25) is 5.02 Å². The summed E-state index contributed by atoms with van der Waals surface area (Å²) in [6.45, 7) is 4.25. The molecular weight excluding hydrogens is 384 g/mol. The van der Waals surface area contributed by atoms with Gasteiger partial charge in [-0.05, 0) is 51.7 Å². The highest BCUT2D eigenvalue weighted by atomic mass is 35.5. The summed E-state index contributed by atoms with van der Waals surface area (Å²) in [6, 6.07) is 6.90. The van der Waals surface area contributed by atoms with E-state index in [9.17, 15) is 9.59 Å². The molecule has 1 amide bonds. The van der Waals surface area contributed by atoms with Crippen molar-refractivity contribution in [3.63, 3.8) is 0 Å². The first-order valence-corrected chi connectivity index (χ1v) is 9.65. The molecule has 3 rings (SSSR count). The number of hydrogen-bond acceptors (Lipinski definition) is 5. The topological polar surface area (TPSA) is 67.2 Å². The van der Waals surface area contributed by atoms with Gasteiger partial charge in [0.1, 0.15) is 17.2 Å². The predicted molar refractivity (Wildman–Crippen MR) is 111 cm³/mol. The first kappa shape index (κ1) is 19.5. The second-order valence-electron chi connectivity index (χ2n) is 6.68. The quantitative estimate of drug-likeness (QED) is 0.707. The Morgan fingerprint density at radius 2 is 2.07 bits per heavy atom. The van der Waals surface area contributed by atoms with Gasteiger partial charge in [-0.2, -0.15) is 0 Å². The van der Waals surface area contributed by atoms with Crippen LogP contribution in [-0.4, -0.2) is 34.5 Å². The van der Waals surface area contributed by atoms with Crippen molar-refractivity contribution in [1.82, 2.24) is 14.5 Å². The molecule has 8 heteroatoms. The molecule has 0 saturated carbocycles. The van der Waals surface area contributed by atoms with Crippen LogP contribution >= 0.6 is 22.9 Å². The highest BCUT2D eigenvalue weighted by molar-refractivity contribution is 7.18. The van der Waals surface area contributed by atoms with E-state index in [2.05, 4.69) is 10.3 Å². The van der Waals surface area contributed by atoms with Crippen molar-refractivity contribution in [1.29, 1.82) is 0 Å². The minimum atomic E-state index is -0.301. The Labute approximate surface area is 166 Å². The number of nitrogens with one attached hydrogen (secondary N) is 1. The summed E-state index contributed by atoms with van der Waals surface area (Å²) in [5, 5.41) is 3.91. The Hall–Kier alpha value is -2.22. The van der Waals surface area contributed by atoms with E-state index in [1.54, 1.807) is 24.3 Å². The molecule has 2 aromatic heterocycles. The van der Waals surface area contributed by atoms with Crippen LogP contribution in [0.4, 0.5) is 5.69 Å². The van der Waals surface area contributed by atoms with Crippen LogP contribution in [0.1, 0.15) is 16.3 Å². The van der Waals surface area contributed by atoms with Crippen molar-refractivity contribution < 1.29 is 4.79 Å². The van der Waals surface area contributed by atoms with Crippen LogP contribution in [0.25, 0.3) is 10.2 Å². The SMILES string of the molecule is Cc1sc2nc(CN(C)C)n(CC(=O)Nc3cccc(Cl)c3)c(=O)c2c1C. The van der Waals surface area contributed by atoms with Gasteiger partial charge in [-0.3, -0.25) is 14.2 Å². The number of halogens is 1. The second-order valence-corrected chi connectivity index (χ2v) is 8.32. The molecule has 0 radical (unpaired) electrons. The largest absolute Gasteiger partial charge is 0.324 e. The van der Waals surface area contributed by atoms with Crippen molar-refractivity contribution in [3.8, 4) is 0 Å². The highest BCUT2D eigenvalue weighted by Crippen LogP contribution is 2.26. The normalized spacial score (nSPS) is 11.3. The lowest BCUT2D eigenvalue weighted by Crippen LogP contribution is -2.32. The molecule has 0 saturated heterocycles. The van der Waals surface area contributed by atoms with E-state index in [1.165, 1.54) is 15.9 Å². The van der Waals surface area contributed by atoms with Crippen LogP contribution in [0.3, 0.4) is 0 Å². The van der Waals surface area contributed by atoms with E-state index in [4.69, 9.17) is 11.6 Å². The number of nitrogens with zero attached hydrogens (tertiary/aromatic N) is 3. The Morgan fingerprint density at radius 1 is 1.33 bits per heavy atom. The lowest BCUT2D eigenvalue weighted by Gasteiger charge is -2.16. The summed E-state index contributed by atoms with van der Waals surface area (Å²) in [4.78, 5) is 34.0. The average Bonchev–Trinajstić information content (AvgIpc) is 2.85. The number of aromatic nitrogens is 2. The van der Waals surface area contributed by atoms with Crippen molar-refractivity contribution >= 4 is 44.7 Å². The van der Waals surface area contributed by atoms with E-state index >= 15 is 0 Å². The molecule has 0 atom stereocenters. The zero-order valence-electron chi connectivity index (χ0n) is 15.7. The van der Waals surface area contributed by atoms with Gasteiger partial charge in [0.05, 0.1) is 11.9 Å². The number of fused-ring (bicyclic) bond motifs is 1. The monoisotopic (exact) mass is 404 g/mol. The summed E-state index contributed by atoms with van der Waals surface area (Å²) in [7, 11) is 3.80. The standard InChI is InChI=1S/C19H21ClN4O2S/c1-11-12(2)27-18-17(11)19(26)24(15(22-18)9-23(3)4)10-16(25)21-14-7-5-6-13(20)8-14/h5-8H,9-10H2,1-4H3,(H,21,25). The first-order valence-electron chi connectivity index (χ1n) is 8.46. The molecule has 3 aromatic rings. The molecule has 2 heterocycles. The van der Waals surface area contributed by atoms with E-state index < -0.39 is 0 Å². The number of benzene rings is 1. The molecule has 0 aliphatic heterocycles. The Bertz CT molecular complexity index is 1070. The Kier molecular flexibility index (Phi) is 5.64. The Morgan fingerprint density at radius 3 is 2.74 bits per heavy atom. The zero-order valence-corrected chi connectivity index (χ0v) is 17.2. The van der Waals surface area contributed by atoms with Crippen LogP contribution in [0, 0.1) is 13.8 Å². The zero-order chi connectivity index (χ0) is 19.7.